The molecule has 1 saturated heterocycles. The zero-order valence-corrected chi connectivity index (χ0v) is 17.0. The Labute approximate surface area is 171 Å². The van der Waals surface area contributed by atoms with Crippen LogP contribution in [0.3, 0.4) is 0 Å². The van der Waals surface area contributed by atoms with E-state index in [0.29, 0.717) is 37.4 Å². The first-order chi connectivity index (χ1) is 14.1. The van der Waals surface area contributed by atoms with Gasteiger partial charge in [-0.2, -0.15) is 0 Å². The highest BCUT2D eigenvalue weighted by molar-refractivity contribution is 5.92. The Morgan fingerprint density at radius 3 is 2.31 bits per heavy atom. The molecule has 29 heavy (non-hydrogen) atoms. The molecule has 0 saturated carbocycles. The topological polar surface area (TPSA) is 67.9 Å². The van der Waals surface area contributed by atoms with Gasteiger partial charge in [-0.05, 0) is 49.1 Å². The minimum Gasteiger partial charge on any atom is -0.493 e. The molecule has 3 rings (SSSR count). The Hall–Kier alpha value is -3.02. The van der Waals surface area contributed by atoms with Crippen molar-refractivity contribution in [3.8, 4) is 11.5 Å². The number of benzene rings is 2. The molecule has 0 unspecified atom stereocenters. The fourth-order valence-electron chi connectivity index (χ4n) is 3.43. The second-order valence-corrected chi connectivity index (χ2v) is 7.13. The molecule has 0 bridgehead atoms. The predicted octanol–water partition coefficient (Wildman–Crippen LogP) is 3.51. The minimum absolute atomic E-state index is 0.0200. The maximum Gasteiger partial charge on any atom is 0.260 e. The fraction of sp³-hybridized carbons (Fsp3) is 0.391. The first kappa shape index (κ1) is 20.7. The Balaban J connectivity index is 1.45. The molecule has 6 nitrogen and oxygen atoms in total. The molecule has 0 atom stereocenters. The summed E-state index contributed by atoms with van der Waals surface area (Å²) in [5.41, 5.74) is 2.06. The monoisotopic (exact) mass is 396 g/mol. The summed E-state index contributed by atoms with van der Waals surface area (Å²) in [6.45, 7) is 3.17. The standard InChI is InChI=1S/C23H28N2O4/c1-3-17-8-10-19(11-9-17)24-23(27)18-12-14-25(15-13-18)22(26)16-29-21-7-5-4-6-20(21)28-2/h4-11,18H,3,12-16H2,1-2H3,(H,24,27). The Morgan fingerprint density at radius 1 is 1.03 bits per heavy atom. The number of nitrogens with one attached hydrogen (secondary N) is 1. The summed E-state index contributed by atoms with van der Waals surface area (Å²) in [6, 6.07) is 15.2. The van der Waals surface area contributed by atoms with Crippen molar-refractivity contribution in [2.45, 2.75) is 26.2 Å². The number of hydrogen-bond acceptors (Lipinski definition) is 4. The van der Waals surface area contributed by atoms with Gasteiger partial charge in [0.05, 0.1) is 7.11 Å². The van der Waals surface area contributed by atoms with Crippen LogP contribution in [-0.2, 0) is 16.0 Å². The van der Waals surface area contributed by atoms with Gasteiger partial charge in [-0.15, -0.1) is 0 Å². The molecule has 0 radical (unpaired) electrons. The molecule has 1 heterocycles. The van der Waals surface area contributed by atoms with Crippen LogP contribution in [0.15, 0.2) is 48.5 Å². The van der Waals surface area contributed by atoms with Crippen LogP contribution in [0.5, 0.6) is 11.5 Å². The summed E-state index contributed by atoms with van der Waals surface area (Å²) >= 11 is 0. The maximum atomic E-state index is 12.5. The summed E-state index contributed by atoms with van der Waals surface area (Å²) < 4.78 is 10.9. The lowest BCUT2D eigenvalue weighted by Crippen LogP contribution is -2.43. The normalized spacial score (nSPS) is 14.3. The van der Waals surface area contributed by atoms with Crippen molar-refractivity contribution in [3.05, 3.63) is 54.1 Å². The van der Waals surface area contributed by atoms with Crippen LogP contribution >= 0.6 is 0 Å². The van der Waals surface area contributed by atoms with Crippen LogP contribution in [0, 0.1) is 5.92 Å². The first-order valence-corrected chi connectivity index (χ1v) is 10.0. The van der Waals surface area contributed by atoms with Crippen molar-refractivity contribution in [1.82, 2.24) is 4.90 Å². The van der Waals surface area contributed by atoms with Gasteiger partial charge >= 0.3 is 0 Å². The van der Waals surface area contributed by atoms with Gasteiger partial charge in [-0.3, -0.25) is 9.59 Å². The van der Waals surface area contributed by atoms with Gasteiger partial charge in [0.2, 0.25) is 5.91 Å². The first-order valence-electron chi connectivity index (χ1n) is 10.0. The van der Waals surface area contributed by atoms with E-state index in [-0.39, 0.29) is 24.3 Å². The zero-order valence-electron chi connectivity index (χ0n) is 17.0. The van der Waals surface area contributed by atoms with Gasteiger partial charge < -0.3 is 19.7 Å². The number of amides is 2. The van der Waals surface area contributed by atoms with Gasteiger partial charge in [0.15, 0.2) is 18.1 Å². The average molecular weight is 396 g/mol. The van der Waals surface area contributed by atoms with E-state index in [1.54, 1.807) is 24.1 Å². The molecule has 1 N–H and O–H groups in total. The Morgan fingerprint density at radius 2 is 1.69 bits per heavy atom. The summed E-state index contributed by atoms with van der Waals surface area (Å²) in [5.74, 6) is 1.01. The van der Waals surface area contributed by atoms with E-state index in [2.05, 4.69) is 12.2 Å². The number of nitrogens with zero attached hydrogens (tertiary/aromatic N) is 1. The third-order valence-electron chi connectivity index (χ3n) is 5.27. The third kappa shape index (κ3) is 5.50. The number of rotatable bonds is 7. The van der Waals surface area contributed by atoms with Gasteiger partial charge in [-0.1, -0.05) is 31.2 Å². The lowest BCUT2D eigenvalue weighted by Gasteiger charge is -2.31. The van der Waals surface area contributed by atoms with Crippen LogP contribution in [0.2, 0.25) is 0 Å². The molecule has 2 aromatic carbocycles. The Bertz CT molecular complexity index is 827. The molecule has 0 aromatic heterocycles. The van der Waals surface area contributed by atoms with E-state index in [9.17, 15) is 9.59 Å². The molecule has 1 aliphatic rings. The Kier molecular flexibility index (Phi) is 7.11. The highest BCUT2D eigenvalue weighted by atomic mass is 16.5. The van der Waals surface area contributed by atoms with Crippen molar-refractivity contribution in [3.63, 3.8) is 0 Å². The molecule has 154 valence electrons. The number of piperidine rings is 1. The number of likely N-dealkylation sites (tertiary alicyclic amines) is 1. The maximum absolute atomic E-state index is 12.5. The van der Waals surface area contributed by atoms with Gasteiger partial charge in [0.25, 0.3) is 5.91 Å². The number of carbonyl (C=O) groups is 2. The number of ether oxygens (including phenoxy) is 2. The molecular weight excluding hydrogens is 368 g/mol. The fourth-order valence-corrected chi connectivity index (χ4v) is 3.43. The third-order valence-corrected chi connectivity index (χ3v) is 5.27. The predicted molar refractivity (Wildman–Crippen MR) is 112 cm³/mol. The van der Waals surface area contributed by atoms with E-state index >= 15 is 0 Å². The van der Waals surface area contributed by atoms with E-state index < -0.39 is 0 Å². The minimum atomic E-state index is -0.0833. The average Bonchev–Trinajstić information content (AvgIpc) is 2.78. The molecule has 0 aliphatic carbocycles. The number of methoxy groups -OCH3 is 1. The molecule has 2 aromatic rings. The van der Waals surface area contributed by atoms with Crippen LogP contribution < -0.4 is 14.8 Å². The number of hydrogen-bond donors (Lipinski definition) is 1. The summed E-state index contributed by atoms with van der Waals surface area (Å²) in [4.78, 5) is 26.7. The van der Waals surface area contributed by atoms with Crippen LogP contribution in [-0.4, -0.2) is 43.5 Å². The summed E-state index contributed by atoms with van der Waals surface area (Å²) in [7, 11) is 1.57. The highest BCUT2D eigenvalue weighted by Gasteiger charge is 2.27. The molecule has 1 fully saturated rings. The summed E-state index contributed by atoms with van der Waals surface area (Å²) in [6.07, 6.45) is 2.28. The van der Waals surface area contributed by atoms with Crippen molar-refractivity contribution in [2.24, 2.45) is 5.92 Å². The van der Waals surface area contributed by atoms with Crippen molar-refractivity contribution >= 4 is 17.5 Å². The van der Waals surface area contributed by atoms with Crippen LogP contribution in [0.4, 0.5) is 5.69 Å². The molecule has 6 heteroatoms. The van der Waals surface area contributed by atoms with Crippen molar-refractivity contribution in [2.75, 3.05) is 32.1 Å². The van der Waals surface area contributed by atoms with E-state index in [1.165, 1.54) is 5.56 Å². The lowest BCUT2D eigenvalue weighted by molar-refractivity contribution is -0.136. The second kappa shape index (κ2) is 9.96. The van der Waals surface area contributed by atoms with E-state index in [4.69, 9.17) is 9.47 Å². The molecule has 2 amide bonds. The molecule has 0 spiro atoms. The van der Waals surface area contributed by atoms with Crippen LogP contribution in [0.25, 0.3) is 0 Å². The second-order valence-electron chi connectivity index (χ2n) is 7.13. The number of anilines is 1. The smallest absolute Gasteiger partial charge is 0.260 e. The number of aryl methyl sites for hydroxylation is 1. The van der Waals surface area contributed by atoms with Gasteiger partial charge in [0.1, 0.15) is 0 Å². The zero-order chi connectivity index (χ0) is 20.6. The SMILES string of the molecule is CCc1ccc(NC(=O)C2CCN(C(=O)COc3ccccc3OC)CC2)cc1. The van der Waals surface area contributed by atoms with E-state index in [0.717, 1.165) is 12.1 Å². The van der Waals surface area contributed by atoms with Gasteiger partial charge in [-0.25, -0.2) is 0 Å². The van der Waals surface area contributed by atoms with Crippen molar-refractivity contribution in [1.29, 1.82) is 0 Å². The van der Waals surface area contributed by atoms with Gasteiger partial charge in [0, 0.05) is 24.7 Å². The quantitative estimate of drug-likeness (QED) is 0.778. The van der Waals surface area contributed by atoms with Crippen molar-refractivity contribution < 1.29 is 19.1 Å². The lowest BCUT2D eigenvalue weighted by atomic mass is 9.95. The van der Waals surface area contributed by atoms with Crippen LogP contribution in [0.1, 0.15) is 25.3 Å². The highest BCUT2D eigenvalue weighted by Crippen LogP contribution is 2.26. The van der Waals surface area contributed by atoms with E-state index in [1.807, 2.05) is 36.4 Å². The largest absolute Gasteiger partial charge is 0.493 e. The molecule has 1 aliphatic heterocycles. The number of para-hydroxylation sites is 2. The molecular formula is C23H28N2O4. The number of carbonyl (C=O) groups excluding carboxylic acids is 2. The summed E-state index contributed by atoms with van der Waals surface area (Å²) in [5, 5.41) is 2.99.